The highest BCUT2D eigenvalue weighted by molar-refractivity contribution is 5.93. The molecule has 0 unspecified atom stereocenters. The van der Waals surface area contributed by atoms with Crippen LogP contribution in [0.4, 0.5) is 0 Å². The molecule has 0 fully saturated rings. The van der Waals surface area contributed by atoms with Gasteiger partial charge in [-0.1, -0.05) is 18.2 Å². The van der Waals surface area contributed by atoms with Crippen LogP contribution < -0.4 is 10.1 Å². The van der Waals surface area contributed by atoms with E-state index in [1.165, 1.54) is 0 Å². The SMILES string of the molecule is CCn1nc(C(=O)NCCOc2ccccc2)cc1-c1ccco1. The Kier molecular flexibility index (Phi) is 4.96. The van der Waals surface area contributed by atoms with Gasteiger partial charge in [-0.3, -0.25) is 9.48 Å². The van der Waals surface area contributed by atoms with E-state index in [9.17, 15) is 4.79 Å². The van der Waals surface area contributed by atoms with Gasteiger partial charge in [-0.15, -0.1) is 0 Å². The van der Waals surface area contributed by atoms with Crippen molar-refractivity contribution in [3.63, 3.8) is 0 Å². The molecule has 6 nitrogen and oxygen atoms in total. The van der Waals surface area contributed by atoms with E-state index >= 15 is 0 Å². The first-order valence-electron chi connectivity index (χ1n) is 7.85. The van der Waals surface area contributed by atoms with E-state index in [-0.39, 0.29) is 5.91 Å². The summed E-state index contributed by atoms with van der Waals surface area (Å²) in [4.78, 5) is 12.2. The van der Waals surface area contributed by atoms with Crippen LogP contribution in [-0.4, -0.2) is 28.8 Å². The molecule has 1 amide bonds. The van der Waals surface area contributed by atoms with Crippen molar-refractivity contribution in [2.45, 2.75) is 13.5 Å². The second-order valence-electron chi connectivity index (χ2n) is 5.13. The Bertz CT molecular complexity index is 779. The van der Waals surface area contributed by atoms with Gasteiger partial charge < -0.3 is 14.5 Å². The lowest BCUT2D eigenvalue weighted by Gasteiger charge is -2.06. The Labute approximate surface area is 140 Å². The number of carbonyl (C=O) groups is 1. The summed E-state index contributed by atoms with van der Waals surface area (Å²) < 4.78 is 12.7. The van der Waals surface area contributed by atoms with Crippen LogP contribution in [0, 0.1) is 0 Å². The van der Waals surface area contributed by atoms with E-state index < -0.39 is 0 Å². The van der Waals surface area contributed by atoms with Gasteiger partial charge in [0.25, 0.3) is 5.91 Å². The second kappa shape index (κ2) is 7.50. The zero-order chi connectivity index (χ0) is 16.8. The number of aromatic nitrogens is 2. The molecule has 0 atom stereocenters. The standard InChI is InChI=1S/C18H19N3O3/c1-2-21-16(17-9-6-11-24-17)13-15(20-21)18(22)19-10-12-23-14-7-4-3-5-8-14/h3-9,11,13H,2,10,12H2,1H3,(H,19,22). The third kappa shape index (κ3) is 3.65. The van der Waals surface area contributed by atoms with Crippen LogP contribution >= 0.6 is 0 Å². The molecule has 0 aliphatic rings. The molecule has 2 aromatic heterocycles. The van der Waals surface area contributed by atoms with Gasteiger partial charge in [0.2, 0.25) is 0 Å². The number of rotatable bonds is 7. The molecule has 6 heteroatoms. The average molecular weight is 325 g/mol. The molecule has 0 bridgehead atoms. The first-order chi connectivity index (χ1) is 11.8. The third-order valence-corrected chi connectivity index (χ3v) is 3.49. The molecule has 24 heavy (non-hydrogen) atoms. The molecule has 0 aliphatic carbocycles. The van der Waals surface area contributed by atoms with E-state index in [4.69, 9.17) is 9.15 Å². The number of benzene rings is 1. The monoisotopic (exact) mass is 325 g/mol. The van der Waals surface area contributed by atoms with Crippen LogP contribution in [0.1, 0.15) is 17.4 Å². The second-order valence-corrected chi connectivity index (χ2v) is 5.13. The Balaban J connectivity index is 1.57. The van der Waals surface area contributed by atoms with Gasteiger partial charge in [-0.05, 0) is 31.2 Å². The van der Waals surface area contributed by atoms with E-state index in [0.29, 0.717) is 31.2 Å². The molecule has 124 valence electrons. The van der Waals surface area contributed by atoms with Gasteiger partial charge in [-0.2, -0.15) is 5.10 Å². The quantitative estimate of drug-likeness (QED) is 0.678. The number of ether oxygens (including phenoxy) is 1. The maximum absolute atomic E-state index is 12.2. The Hall–Kier alpha value is -3.02. The molecule has 0 radical (unpaired) electrons. The summed E-state index contributed by atoms with van der Waals surface area (Å²) in [5, 5.41) is 7.13. The van der Waals surface area contributed by atoms with Crippen molar-refractivity contribution in [1.29, 1.82) is 0 Å². The van der Waals surface area contributed by atoms with Crippen LogP contribution in [0.2, 0.25) is 0 Å². The van der Waals surface area contributed by atoms with Crippen molar-refractivity contribution < 1.29 is 13.9 Å². The smallest absolute Gasteiger partial charge is 0.271 e. The summed E-state index contributed by atoms with van der Waals surface area (Å²) in [6, 6.07) is 14.9. The van der Waals surface area contributed by atoms with Gasteiger partial charge in [-0.25, -0.2) is 0 Å². The molecule has 3 rings (SSSR count). The molecule has 0 spiro atoms. The molecule has 0 aliphatic heterocycles. The number of amides is 1. The lowest BCUT2D eigenvalue weighted by molar-refractivity contribution is 0.0941. The van der Waals surface area contributed by atoms with Crippen LogP contribution in [-0.2, 0) is 6.54 Å². The molecule has 3 aromatic rings. The van der Waals surface area contributed by atoms with Crippen molar-refractivity contribution in [3.05, 3.63) is 60.5 Å². The molecule has 0 saturated heterocycles. The third-order valence-electron chi connectivity index (χ3n) is 3.49. The molecule has 1 N–H and O–H groups in total. The van der Waals surface area contributed by atoms with Crippen molar-refractivity contribution in [3.8, 4) is 17.2 Å². The van der Waals surface area contributed by atoms with Gasteiger partial charge in [0.1, 0.15) is 18.1 Å². The minimum atomic E-state index is -0.230. The number of hydrogen-bond acceptors (Lipinski definition) is 4. The normalized spacial score (nSPS) is 10.5. The van der Waals surface area contributed by atoms with E-state index in [2.05, 4.69) is 10.4 Å². The molecular formula is C18H19N3O3. The van der Waals surface area contributed by atoms with Crippen molar-refractivity contribution >= 4 is 5.91 Å². The average Bonchev–Trinajstić information content (AvgIpc) is 3.28. The fraction of sp³-hybridized carbons (Fsp3) is 0.222. The molecule has 1 aromatic carbocycles. The van der Waals surface area contributed by atoms with Gasteiger partial charge in [0.05, 0.1) is 12.8 Å². The maximum Gasteiger partial charge on any atom is 0.271 e. The predicted molar refractivity (Wildman–Crippen MR) is 89.9 cm³/mol. The number of aryl methyl sites for hydroxylation is 1. The number of furan rings is 1. The first kappa shape index (κ1) is 15.9. The highest BCUT2D eigenvalue weighted by Gasteiger charge is 2.16. The summed E-state index contributed by atoms with van der Waals surface area (Å²) in [7, 11) is 0. The Morgan fingerprint density at radius 3 is 2.79 bits per heavy atom. The van der Waals surface area contributed by atoms with Gasteiger partial charge >= 0.3 is 0 Å². The van der Waals surface area contributed by atoms with Crippen molar-refractivity contribution in [2.75, 3.05) is 13.2 Å². The Morgan fingerprint density at radius 2 is 2.08 bits per heavy atom. The van der Waals surface area contributed by atoms with Crippen LogP contribution in [0.15, 0.2) is 59.2 Å². The highest BCUT2D eigenvalue weighted by atomic mass is 16.5. The van der Waals surface area contributed by atoms with E-state index in [1.807, 2.05) is 49.4 Å². The first-order valence-corrected chi connectivity index (χ1v) is 7.85. The van der Waals surface area contributed by atoms with Gasteiger partial charge in [0, 0.05) is 12.6 Å². The summed E-state index contributed by atoms with van der Waals surface area (Å²) in [5.41, 5.74) is 1.15. The summed E-state index contributed by atoms with van der Waals surface area (Å²) in [6.45, 7) is 3.42. The summed E-state index contributed by atoms with van der Waals surface area (Å²) in [5.74, 6) is 1.24. The summed E-state index contributed by atoms with van der Waals surface area (Å²) in [6.07, 6.45) is 1.60. The number of nitrogens with one attached hydrogen (secondary N) is 1. The highest BCUT2D eigenvalue weighted by Crippen LogP contribution is 2.21. The van der Waals surface area contributed by atoms with E-state index in [0.717, 1.165) is 11.4 Å². The maximum atomic E-state index is 12.2. The van der Waals surface area contributed by atoms with Crippen LogP contribution in [0.3, 0.4) is 0 Å². The van der Waals surface area contributed by atoms with E-state index in [1.54, 1.807) is 17.0 Å². The zero-order valence-corrected chi connectivity index (χ0v) is 13.4. The number of hydrogen-bond donors (Lipinski definition) is 1. The van der Waals surface area contributed by atoms with Crippen molar-refractivity contribution in [2.24, 2.45) is 0 Å². The summed E-state index contributed by atoms with van der Waals surface area (Å²) >= 11 is 0. The molecule has 0 saturated carbocycles. The number of nitrogens with zero attached hydrogens (tertiary/aromatic N) is 2. The predicted octanol–water partition coefficient (Wildman–Crippen LogP) is 2.97. The minimum absolute atomic E-state index is 0.230. The lowest BCUT2D eigenvalue weighted by atomic mass is 10.3. The number of para-hydroxylation sites is 1. The largest absolute Gasteiger partial charge is 0.492 e. The Morgan fingerprint density at radius 1 is 1.25 bits per heavy atom. The van der Waals surface area contributed by atoms with Crippen molar-refractivity contribution in [1.82, 2.24) is 15.1 Å². The lowest BCUT2D eigenvalue weighted by Crippen LogP contribution is -2.28. The fourth-order valence-electron chi connectivity index (χ4n) is 2.33. The molecule has 2 heterocycles. The zero-order valence-electron chi connectivity index (χ0n) is 13.4. The minimum Gasteiger partial charge on any atom is -0.492 e. The van der Waals surface area contributed by atoms with Crippen LogP contribution in [0.5, 0.6) is 5.75 Å². The molecular weight excluding hydrogens is 306 g/mol. The fourth-order valence-corrected chi connectivity index (χ4v) is 2.33. The number of carbonyl (C=O) groups excluding carboxylic acids is 1. The van der Waals surface area contributed by atoms with Crippen LogP contribution in [0.25, 0.3) is 11.5 Å². The topological polar surface area (TPSA) is 69.3 Å². The van der Waals surface area contributed by atoms with Gasteiger partial charge in [0.15, 0.2) is 11.5 Å².